The predicted octanol–water partition coefficient (Wildman–Crippen LogP) is 2.03. The van der Waals surface area contributed by atoms with Crippen LogP contribution in [0.3, 0.4) is 0 Å². The third kappa shape index (κ3) is 3.20. The molecule has 1 aromatic carbocycles. The van der Waals surface area contributed by atoms with Gasteiger partial charge in [0.05, 0.1) is 24.9 Å². The first-order valence-electron chi connectivity index (χ1n) is 8.09. The van der Waals surface area contributed by atoms with E-state index < -0.39 is 0 Å². The molecule has 0 saturated heterocycles. The highest BCUT2D eigenvalue weighted by molar-refractivity contribution is 5.61. The van der Waals surface area contributed by atoms with Crippen molar-refractivity contribution in [1.29, 1.82) is 0 Å². The molecule has 1 atom stereocenters. The van der Waals surface area contributed by atoms with E-state index in [0.29, 0.717) is 6.61 Å². The molecule has 24 heavy (non-hydrogen) atoms. The molecule has 3 heterocycles. The molecule has 4 rings (SSSR count). The van der Waals surface area contributed by atoms with Crippen LogP contribution in [0, 0.1) is 0 Å². The molecule has 6 heteroatoms. The van der Waals surface area contributed by atoms with E-state index in [1.807, 2.05) is 47.3 Å². The van der Waals surface area contributed by atoms with Gasteiger partial charge in [-0.1, -0.05) is 41.6 Å². The Morgan fingerprint density at radius 1 is 1.17 bits per heavy atom. The van der Waals surface area contributed by atoms with Gasteiger partial charge in [-0.15, -0.1) is 5.10 Å². The number of benzene rings is 1. The SMILES string of the molecule is c1ccc(-c2nnn3c2COC(CNCc2cccnc2)C3)cc1. The molecule has 0 radical (unpaired) electrons. The average molecular weight is 321 g/mol. The van der Waals surface area contributed by atoms with Crippen molar-refractivity contribution in [3.05, 3.63) is 66.1 Å². The Balaban J connectivity index is 1.37. The normalized spacial score (nSPS) is 16.8. The smallest absolute Gasteiger partial charge is 0.118 e. The lowest BCUT2D eigenvalue weighted by Crippen LogP contribution is -2.36. The molecule has 122 valence electrons. The second kappa shape index (κ2) is 6.90. The molecule has 0 bridgehead atoms. The van der Waals surface area contributed by atoms with Gasteiger partial charge in [0.2, 0.25) is 0 Å². The number of aromatic nitrogens is 4. The first-order valence-corrected chi connectivity index (χ1v) is 8.09. The summed E-state index contributed by atoms with van der Waals surface area (Å²) in [6, 6.07) is 14.1. The molecule has 0 amide bonds. The van der Waals surface area contributed by atoms with Gasteiger partial charge in [-0.2, -0.15) is 0 Å². The zero-order chi connectivity index (χ0) is 16.2. The number of nitrogens with zero attached hydrogens (tertiary/aromatic N) is 4. The van der Waals surface area contributed by atoms with Gasteiger partial charge in [-0.25, -0.2) is 4.68 Å². The van der Waals surface area contributed by atoms with Crippen LogP contribution in [0.1, 0.15) is 11.3 Å². The summed E-state index contributed by atoms with van der Waals surface area (Å²) < 4.78 is 7.94. The summed E-state index contributed by atoms with van der Waals surface area (Å²) >= 11 is 0. The molecule has 3 aromatic rings. The first kappa shape index (κ1) is 15.0. The fraction of sp³-hybridized carbons (Fsp3) is 0.278. The maximum atomic E-state index is 5.98. The molecule has 1 N–H and O–H groups in total. The lowest BCUT2D eigenvalue weighted by Gasteiger charge is -2.24. The van der Waals surface area contributed by atoms with Crippen LogP contribution in [0.4, 0.5) is 0 Å². The standard InChI is InChI=1S/C18H19N5O/c1-2-6-15(7-3-1)18-17-13-24-16(12-23(17)22-21-18)11-20-10-14-5-4-8-19-9-14/h1-9,16,20H,10-13H2. The van der Waals surface area contributed by atoms with Crippen LogP contribution in [-0.4, -0.2) is 32.6 Å². The van der Waals surface area contributed by atoms with Crippen molar-refractivity contribution < 1.29 is 4.74 Å². The third-order valence-electron chi connectivity index (χ3n) is 4.14. The van der Waals surface area contributed by atoms with Crippen LogP contribution >= 0.6 is 0 Å². The third-order valence-corrected chi connectivity index (χ3v) is 4.14. The van der Waals surface area contributed by atoms with Crippen molar-refractivity contribution >= 4 is 0 Å². The van der Waals surface area contributed by atoms with Crippen LogP contribution in [0.2, 0.25) is 0 Å². The minimum absolute atomic E-state index is 0.0968. The van der Waals surface area contributed by atoms with Crippen molar-refractivity contribution in [1.82, 2.24) is 25.3 Å². The molecule has 1 aliphatic heterocycles. The highest BCUT2D eigenvalue weighted by Crippen LogP contribution is 2.24. The lowest BCUT2D eigenvalue weighted by atomic mass is 10.1. The quantitative estimate of drug-likeness (QED) is 0.779. The van der Waals surface area contributed by atoms with Crippen LogP contribution in [0.25, 0.3) is 11.3 Å². The summed E-state index contributed by atoms with van der Waals surface area (Å²) in [6.07, 6.45) is 3.75. The van der Waals surface area contributed by atoms with E-state index in [9.17, 15) is 0 Å². The van der Waals surface area contributed by atoms with Gasteiger partial charge in [0.25, 0.3) is 0 Å². The molecule has 0 saturated carbocycles. The van der Waals surface area contributed by atoms with Gasteiger partial charge in [0.1, 0.15) is 5.69 Å². The fourth-order valence-electron chi connectivity index (χ4n) is 2.89. The largest absolute Gasteiger partial charge is 0.369 e. The Morgan fingerprint density at radius 2 is 2.08 bits per heavy atom. The highest BCUT2D eigenvalue weighted by Gasteiger charge is 2.23. The van der Waals surface area contributed by atoms with E-state index in [-0.39, 0.29) is 6.10 Å². The maximum Gasteiger partial charge on any atom is 0.118 e. The van der Waals surface area contributed by atoms with E-state index in [1.54, 1.807) is 6.20 Å². The van der Waals surface area contributed by atoms with Crippen molar-refractivity contribution in [2.24, 2.45) is 0 Å². The molecule has 1 aliphatic rings. The fourth-order valence-corrected chi connectivity index (χ4v) is 2.89. The minimum atomic E-state index is 0.0968. The number of ether oxygens (including phenoxy) is 1. The summed E-state index contributed by atoms with van der Waals surface area (Å²) in [4.78, 5) is 4.12. The summed E-state index contributed by atoms with van der Waals surface area (Å²) in [5.41, 5.74) is 4.21. The summed E-state index contributed by atoms with van der Waals surface area (Å²) in [6.45, 7) is 2.81. The Morgan fingerprint density at radius 3 is 2.92 bits per heavy atom. The zero-order valence-electron chi connectivity index (χ0n) is 13.3. The Hall–Kier alpha value is -2.57. The number of hydrogen-bond donors (Lipinski definition) is 1. The average Bonchev–Trinajstić information content (AvgIpc) is 3.07. The van der Waals surface area contributed by atoms with Gasteiger partial charge < -0.3 is 10.1 Å². The van der Waals surface area contributed by atoms with Gasteiger partial charge in [0.15, 0.2) is 0 Å². The van der Waals surface area contributed by atoms with Crippen molar-refractivity contribution in [3.63, 3.8) is 0 Å². The lowest BCUT2D eigenvalue weighted by molar-refractivity contribution is 0.00125. The summed E-state index contributed by atoms with van der Waals surface area (Å²) in [5.74, 6) is 0. The molecule has 0 spiro atoms. The van der Waals surface area contributed by atoms with Crippen LogP contribution in [0.15, 0.2) is 54.9 Å². The summed E-state index contributed by atoms with van der Waals surface area (Å²) in [5, 5.41) is 12.0. The van der Waals surface area contributed by atoms with E-state index in [2.05, 4.69) is 26.7 Å². The van der Waals surface area contributed by atoms with Gasteiger partial charge >= 0.3 is 0 Å². The Bertz CT molecular complexity index is 788. The highest BCUT2D eigenvalue weighted by atomic mass is 16.5. The molecule has 0 fully saturated rings. The summed E-state index contributed by atoms with van der Waals surface area (Å²) in [7, 11) is 0. The van der Waals surface area contributed by atoms with Crippen molar-refractivity contribution in [3.8, 4) is 11.3 Å². The number of rotatable bonds is 5. The second-order valence-corrected chi connectivity index (χ2v) is 5.86. The van der Waals surface area contributed by atoms with Crippen LogP contribution in [0.5, 0.6) is 0 Å². The Labute approximate surface area is 140 Å². The van der Waals surface area contributed by atoms with Crippen molar-refractivity contribution in [2.75, 3.05) is 6.54 Å². The number of pyridine rings is 1. The second-order valence-electron chi connectivity index (χ2n) is 5.86. The monoisotopic (exact) mass is 321 g/mol. The Kier molecular flexibility index (Phi) is 4.31. The van der Waals surface area contributed by atoms with E-state index in [0.717, 1.165) is 36.6 Å². The van der Waals surface area contributed by atoms with E-state index >= 15 is 0 Å². The van der Waals surface area contributed by atoms with E-state index in [1.165, 1.54) is 5.56 Å². The minimum Gasteiger partial charge on any atom is -0.369 e. The van der Waals surface area contributed by atoms with Crippen molar-refractivity contribution in [2.45, 2.75) is 25.8 Å². The molecular weight excluding hydrogens is 302 g/mol. The first-order chi connectivity index (χ1) is 11.9. The van der Waals surface area contributed by atoms with Gasteiger partial charge in [-0.3, -0.25) is 4.98 Å². The predicted molar refractivity (Wildman–Crippen MR) is 90.0 cm³/mol. The van der Waals surface area contributed by atoms with E-state index in [4.69, 9.17) is 4.74 Å². The van der Waals surface area contributed by atoms with Gasteiger partial charge in [0, 0.05) is 31.0 Å². The molecular formula is C18H19N5O. The number of fused-ring (bicyclic) bond motifs is 1. The number of hydrogen-bond acceptors (Lipinski definition) is 5. The van der Waals surface area contributed by atoms with Gasteiger partial charge in [-0.05, 0) is 11.6 Å². The number of nitrogens with one attached hydrogen (secondary N) is 1. The zero-order valence-corrected chi connectivity index (χ0v) is 13.3. The van der Waals surface area contributed by atoms with Crippen LogP contribution < -0.4 is 5.32 Å². The topological polar surface area (TPSA) is 64.9 Å². The molecule has 6 nitrogen and oxygen atoms in total. The maximum absolute atomic E-state index is 5.98. The molecule has 0 aliphatic carbocycles. The molecule has 1 unspecified atom stereocenters. The van der Waals surface area contributed by atoms with Crippen LogP contribution in [-0.2, 0) is 24.4 Å². The molecule has 2 aromatic heterocycles.